The van der Waals surface area contributed by atoms with E-state index in [2.05, 4.69) is 48.2 Å². The van der Waals surface area contributed by atoms with E-state index in [0.717, 1.165) is 43.7 Å². The van der Waals surface area contributed by atoms with Crippen LogP contribution in [0.5, 0.6) is 5.75 Å². The van der Waals surface area contributed by atoms with E-state index in [1.54, 1.807) is 30.0 Å². The number of unbranched alkanes of at least 4 members (excludes halogenated alkanes) is 2. The van der Waals surface area contributed by atoms with Crippen LogP contribution in [0.15, 0.2) is 48.7 Å². The van der Waals surface area contributed by atoms with Crippen molar-refractivity contribution in [2.75, 3.05) is 13.7 Å². The zero-order valence-electron chi connectivity index (χ0n) is 23.2. The number of halogens is 1. The molecule has 1 N–H and O–H groups in total. The Labute approximate surface area is 235 Å². The lowest BCUT2D eigenvalue weighted by Crippen LogP contribution is -2.74. The normalized spacial score (nSPS) is 19.1. The number of nitrogens with one attached hydrogen (secondary N) is 1. The summed E-state index contributed by atoms with van der Waals surface area (Å²) in [7, 11) is 1.72. The summed E-state index contributed by atoms with van der Waals surface area (Å²) in [5.41, 5.74) is 2.12. The minimum atomic E-state index is -0.329. The van der Waals surface area contributed by atoms with Crippen molar-refractivity contribution in [3.63, 3.8) is 0 Å². The first kappa shape index (κ1) is 28.6. The number of ether oxygens (including phenoxy) is 2. The molecule has 1 saturated carbocycles. The van der Waals surface area contributed by atoms with E-state index in [9.17, 15) is 4.79 Å². The first-order valence-corrected chi connectivity index (χ1v) is 13.6. The summed E-state index contributed by atoms with van der Waals surface area (Å²) >= 11 is 6.20. The number of methoxy groups -OCH3 is 1. The number of benzene rings is 2. The maximum Gasteiger partial charge on any atom is 0.251 e. The molecular weight excluding hydrogens is 514 g/mol. The number of hydrogen-bond acceptors (Lipinski definition) is 5. The maximum absolute atomic E-state index is 13.2. The van der Waals surface area contributed by atoms with Crippen molar-refractivity contribution in [1.29, 1.82) is 0 Å². The SMILES string of the molecule is [C-]#[N+]c1ccc(OC2C(C)(C)C(NC(=O)c3ccc(-n4cc(CCCCCOC)nn4)cc3)C2(C)C)cc1Cl. The van der Waals surface area contributed by atoms with Crippen LogP contribution in [0.1, 0.15) is 63.0 Å². The van der Waals surface area contributed by atoms with Crippen molar-refractivity contribution in [1.82, 2.24) is 20.3 Å². The molecule has 1 aliphatic rings. The summed E-state index contributed by atoms with van der Waals surface area (Å²) in [6, 6.07) is 12.4. The molecular formula is C30H36ClN5O3. The number of amides is 1. The van der Waals surface area contributed by atoms with E-state index in [1.165, 1.54) is 0 Å². The molecule has 0 radical (unpaired) electrons. The van der Waals surface area contributed by atoms with Crippen LogP contribution in [-0.2, 0) is 11.2 Å². The van der Waals surface area contributed by atoms with Gasteiger partial charge in [0, 0.05) is 36.2 Å². The fourth-order valence-electron chi connectivity index (χ4n) is 5.84. The third-order valence-electron chi connectivity index (χ3n) is 7.62. The van der Waals surface area contributed by atoms with Gasteiger partial charge in [0.2, 0.25) is 5.69 Å². The largest absolute Gasteiger partial charge is 0.489 e. The van der Waals surface area contributed by atoms with Crippen molar-refractivity contribution in [2.24, 2.45) is 10.8 Å². The zero-order valence-corrected chi connectivity index (χ0v) is 24.0. The highest BCUT2D eigenvalue weighted by Crippen LogP contribution is 2.55. The molecule has 0 aliphatic heterocycles. The minimum Gasteiger partial charge on any atom is -0.489 e. The Morgan fingerprint density at radius 2 is 1.82 bits per heavy atom. The van der Waals surface area contributed by atoms with Gasteiger partial charge in [0.05, 0.1) is 29.2 Å². The average Bonchev–Trinajstić information content (AvgIpc) is 3.39. The first-order valence-electron chi connectivity index (χ1n) is 13.2. The van der Waals surface area contributed by atoms with Gasteiger partial charge in [-0.15, -0.1) is 5.10 Å². The third-order valence-corrected chi connectivity index (χ3v) is 7.93. The Hall–Kier alpha value is -3.41. The molecule has 39 heavy (non-hydrogen) atoms. The van der Waals surface area contributed by atoms with Gasteiger partial charge >= 0.3 is 0 Å². The Morgan fingerprint density at radius 1 is 1.10 bits per heavy atom. The van der Waals surface area contributed by atoms with Gasteiger partial charge in [0.15, 0.2) is 0 Å². The molecule has 0 saturated heterocycles. The van der Waals surface area contributed by atoms with Crippen LogP contribution in [0, 0.1) is 17.4 Å². The molecule has 8 nitrogen and oxygen atoms in total. The van der Waals surface area contributed by atoms with E-state index < -0.39 is 0 Å². The summed E-state index contributed by atoms with van der Waals surface area (Å²) < 4.78 is 13.2. The Bertz CT molecular complexity index is 1330. The minimum absolute atomic E-state index is 0.109. The first-order chi connectivity index (χ1) is 18.6. The highest BCUT2D eigenvalue weighted by Gasteiger charge is 2.64. The summed E-state index contributed by atoms with van der Waals surface area (Å²) in [4.78, 5) is 16.6. The molecule has 9 heteroatoms. The maximum atomic E-state index is 13.2. The molecule has 1 aliphatic carbocycles. The van der Waals surface area contributed by atoms with Crippen LogP contribution in [0.4, 0.5) is 5.69 Å². The lowest BCUT2D eigenvalue weighted by molar-refractivity contribution is -0.164. The van der Waals surface area contributed by atoms with Gasteiger partial charge in [0.25, 0.3) is 5.91 Å². The Morgan fingerprint density at radius 3 is 2.46 bits per heavy atom. The average molecular weight is 550 g/mol. The van der Waals surface area contributed by atoms with E-state index in [4.69, 9.17) is 27.6 Å². The molecule has 1 amide bonds. The van der Waals surface area contributed by atoms with Crippen molar-refractivity contribution in [3.8, 4) is 11.4 Å². The van der Waals surface area contributed by atoms with Gasteiger partial charge in [-0.1, -0.05) is 57.0 Å². The highest BCUT2D eigenvalue weighted by atomic mass is 35.5. The molecule has 1 aromatic heterocycles. The molecule has 4 rings (SSSR count). The Kier molecular flexibility index (Phi) is 8.63. The van der Waals surface area contributed by atoms with Crippen LogP contribution >= 0.6 is 11.6 Å². The topological polar surface area (TPSA) is 82.6 Å². The van der Waals surface area contributed by atoms with Gasteiger partial charge in [-0.05, 0) is 55.7 Å². The van der Waals surface area contributed by atoms with Gasteiger partial charge in [-0.25, -0.2) is 9.53 Å². The van der Waals surface area contributed by atoms with Crippen LogP contribution in [0.3, 0.4) is 0 Å². The lowest BCUT2D eigenvalue weighted by atomic mass is 9.49. The van der Waals surface area contributed by atoms with Gasteiger partial charge in [-0.2, -0.15) is 0 Å². The fraction of sp³-hybridized carbons (Fsp3) is 0.467. The van der Waals surface area contributed by atoms with E-state index in [-0.39, 0.29) is 28.9 Å². The highest BCUT2D eigenvalue weighted by molar-refractivity contribution is 6.33. The van der Waals surface area contributed by atoms with Crippen molar-refractivity contribution in [2.45, 2.75) is 65.5 Å². The molecule has 1 fully saturated rings. The third kappa shape index (κ3) is 6.10. The number of carbonyl (C=O) groups excluding carboxylic acids is 1. The number of nitrogens with zero attached hydrogens (tertiary/aromatic N) is 4. The van der Waals surface area contributed by atoms with Crippen LogP contribution in [-0.4, -0.2) is 46.8 Å². The number of aromatic nitrogens is 3. The number of aryl methyl sites for hydroxylation is 1. The van der Waals surface area contributed by atoms with Crippen LogP contribution in [0.25, 0.3) is 10.5 Å². The number of rotatable bonds is 11. The number of hydrogen-bond donors (Lipinski definition) is 1. The predicted molar refractivity (Wildman–Crippen MR) is 152 cm³/mol. The molecule has 0 spiro atoms. The van der Waals surface area contributed by atoms with Crippen molar-refractivity contribution < 1.29 is 14.3 Å². The monoisotopic (exact) mass is 549 g/mol. The van der Waals surface area contributed by atoms with Gasteiger partial charge in [-0.3, -0.25) is 4.79 Å². The Balaban J connectivity index is 1.36. The number of carbonyl (C=O) groups is 1. The molecule has 0 unspecified atom stereocenters. The molecule has 206 valence electrons. The fourth-order valence-corrected chi connectivity index (χ4v) is 6.05. The second kappa shape index (κ2) is 11.8. The molecule has 1 heterocycles. The summed E-state index contributed by atoms with van der Waals surface area (Å²) in [6.45, 7) is 16.3. The van der Waals surface area contributed by atoms with Gasteiger partial charge in [0.1, 0.15) is 11.9 Å². The molecule has 0 atom stereocenters. The summed E-state index contributed by atoms with van der Waals surface area (Å²) in [5, 5.41) is 12.1. The quantitative estimate of drug-likeness (QED) is 0.220. The second-order valence-corrected chi connectivity index (χ2v) is 11.7. The summed E-state index contributed by atoms with van der Waals surface area (Å²) in [6.07, 6.45) is 5.84. The standard InChI is InChI=1S/C30H36ClN5O3/c1-29(2)27(30(3,4)28(29)39-23-15-16-25(32-5)24(31)18-23)33-26(37)20-11-13-22(14-12-20)36-19-21(34-35-36)10-8-7-9-17-38-6/h11-16,18-19,27-28H,7-10,17H2,1-4,6H3,(H,33,37). The lowest BCUT2D eigenvalue weighted by Gasteiger charge is -2.63. The smallest absolute Gasteiger partial charge is 0.251 e. The van der Waals surface area contributed by atoms with Crippen molar-refractivity contribution in [3.05, 3.63) is 76.4 Å². The van der Waals surface area contributed by atoms with E-state index in [1.807, 2.05) is 30.5 Å². The molecule has 3 aromatic rings. The van der Waals surface area contributed by atoms with Crippen LogP contribution < -0.4 is 10.1 Å². The predicted octanol–water partition coefficient (Wildman–Crippen LogP) is 6.44. The van der Waals surface area contributed by atoms with Crippen molar-refractivity contribution >= 4 is 23.2 Å². The van der Waals surface area contributed by atoms with Crippen LogP contribution in [0.2, 0.25) is 5.02 Å². The van der Waals surface area contributed by atoms with E-state index in [0.29, 0.717) is 22.0 Å². The van der Waals surface area contributed by atoms with E-state index >= 15 is 0 Å². The zero-order chi connectivity index (χ0) is 28.2. The summed E-state index contributed by atoms with van der Waals surface area (Å²) in [5.74, 6) is 0.479. The second-order valence-electron chi connectivity index (χ2n) is 11.3. The van der Waals surface area contributed by atoms with Gasteiger partial charge < -0.3 is 14.8 Å². The molecule has 0 bridgehead atoms. The molecule has 2 aromatic carbocycles.